The van der Waals surface area contributed by atoms with Crippen LogP contribution in [0.3, 0.4) is 0 Å². The fraction of sp³-hybridized carbons (Fsp3) is 0.842. The molecule has 1 rings (SSSR count). The van der Waals surface area contributed by atoms with Gasteiger partial charge in [-0.3, -0.25) is 4.79 Å². The maximum absolute atomic E-state index is 12.0. The van der Waals surface area contributed by atoms with Crippen molar-refractivity contribution in [3.63, 3.8) is 0 Å². The second kappa shape index (κ2) is 11.8. The van der Waals surface area contributed by atoms with Crippen molar-refractivity contribution in [3.8, 4) is 0 Å². The predicted octanol–water partition coefficient (Wildman–Crippen LogP) is 5.52. The molecule has 122 valence electrons. The molecule has 0 bridgehead atoms. The van der Waals surface area contributed by atoms with Crippen molar-refractivity contribution in [1.82, 2.24) is 5.32 Å². The normalized spacial score (nSPS) is 13.9. The van der Waals surface area contributed by atoms with Gasteiger partial charge in [0.1, 0.15) is 5.78 Å². The van der Waals surface area contributed by atoms with Gasteiger partial charge in [0.05, 0.1) is 0 Å². The third kappa shape index (κ3) is 8.28. The summed E-state index contributed by atoms with van der Waals surface area (Å²) < 4.78 is 0. The van der Waals surface area contributed by atoms with Crippen LogP contribution in [0.4, 0.5) is 0 Å². The monoisotopic (exact) mass is 293 g/mol. The summed E-state index contributed by atoms with van der Waals surface area (Å²) in [6, 6.07) is 0. The van der Waals surface area contributed by atoms with Gasteiger partial charge in [-0.1, -0.05) is 63.9 Å². The van der Waals surface area contributed by atoms with Gasteiger partial charge in [-0.2, -0.15) is 0 Å². The number of Topliss-reactive ketones (excluding diaryl/α,β-unsaturated/α-hetero) is 1. The molecule has 0 heterocycles. The minimum absolute atomic E-state index is 0.418. The van der Waals surface area contributed by atoms with E-state index in [9.17, 15) is 4.79 Å². The van der Waals surface area contributed by atoms with Crippen LogP contribution in [-0.4, -0.2) is 12.8 Å². The number of allylic oxidation sites excluding steroid dienone is 2. The lowest BCUT2D eigenvalue weighted by atomic mass is 9.89. The molecule has 21 heavy (non-hydrogen) atoms. The van der Waals surface area contributed by atoms with Crippen molar-refractivity contribution in [1.29, 1.82) is 0 Å². The fourth-order valence-electron chi connectivity index (χ4n) is 2.96. The van der Waals surface area contributed by atoms with Gasteiger partial charge in [0.25, 0.3) is 0 Å². The summed E-state index contributed by atoms with van der Waals surface area (Å²) >= 11 is 0. The van der Waals surface area contributed by atoms with Crippen LogP contribution in [0.25, 0.3) is 0 Å². The zero-order valence-corrected chi connectivity index (χ0v) is 14.3. The van der Waals surface area contributed by atoms with E-state index in [0.717, 1.165) is 12.8 Å². The topological polar surface area (TPSA) is 29.1 Å². The van der Waals surface area contributed by atoms with Crippen molar-refractivity contribution >= 4 is 5.78 Å². The lowest BCUT2D eigenvalue weighted by Gasteiger charge is -2.21. The van der Waals surface area contributed by atoms with Crippen LogP contribution >= 0.6 is 0 Å². The summed E-state index contributed by atoms with van der Waals surface area (Å²) in [6.07, 6.45) is 17.0. The Morgan fingerprint density at radius 2 is 1.52 bits per heavy atom. The molecule has 0 aromatic heterocycles. The Morgan fingerprint density at radius 1 is 0.952 bits per heavy atom. The van der Waals surface area contributed by atoms with Crippen molar-refractivity contribution in [2.45, 2.75) is 96.8 Å². The highest BCUT2D eigenvalue weighted by atomic mass is 16.1. The Bertz CT molecular complexity index is 314. The van der Waals surface area contributed by atoms with Crippen molar-refractivity contribution in [3.05, 3.63) is 11.3 Å². The number of ketones is 1. The third-order valence-corrected chi connectivity index (χ3v) is 4.62. The largest absolute Gasteiger partial charge is 0.391 e. The van der Waals surface area contributed by atoms with Crippen LogP contribution in [0, 0.1) is 0 Å². The molecule has 0 atom stereocenters. The van der Waals surface area contributed by atoms with Crippen molar-refractivity contribution in [2.24, 2.45) is 0 Å². The average Bonchev–Trinajstić information content (AvgIpc) is 2.43. The highest BCUT2D eigenvalue weighted by molar-refractivity contribution is 5.80. The lowest BCUT2D eigenvalue weighted by Crippen LogP contribution is -2.16. The Labute approximate surface area is 131 Å². The third-order valence-electron chi connectivity index (χ3n) is 4.62. The maximum Gasteiger partial charge on any atom is 0.138 e. The second-order valence-electron chi connectivity index (χ2n) is 6.48. The Hall–Kier alpha value is -0.790. The van der Waals surface area contributed by atoms with E-state index in [4.69, 9.17) is 0 Å². The first-order valence-corrected chi connectivity index (χ1v) is 9.18. The number of rotatable bonds is 13. The molecule has 1 N–H and O–H groups in total. The van der Waals surface area contributed by atoms with Gasteiger partial charge in [0, 0.05) is 25.6 Å². The van der Waals surface area contributed by atoms with Crippen LogP contribution in [0.2, 0.25) is 0 Å². The zero-order valence-electron chi connectivity index (χ0n) is 14.3. The first kappa shape index (κ1) is 18.3. The van der Waals surface area contributed by atoms with Gasteiger partial charge < -0.3 is 5.32 Å². The van der Waals surface area contributed by atoms with Crippen LogP contribution < -0.4 is 5.32 Å². The standard InChI is InChI=1S/C19H35NO/c1-3-4-5-6-7-8-9-10-11-15-18(21)16-19(20-2)17-13-12-14-17/h20H,3-16H2,1-2H3. The van der Waals surface area contributed by atoms with Crippen molar-refractivity contribution < 1.29 is 4.79 Å². The molecule has 1 saturated carbocycles. The number of nitrogens with one attached hydrogen (secondary N) is 1. The van der Waals surface area contributed by atoms with E-state index in [1.165, 1.54) is 81.9 Å². The van der Waals surface area contributed by atoms with E-state index < -0.39 is 0 Å². The SMILES string of the molecule is CCCCCCCCCCCC(=O)CC(NC)=C1CCC1. The molecule has 2 heteroatoms. The molecule has 0 radical (unpaired) electrons. The van der Waals surface area contributed by atoms with Crippen molar-refractivity contribution in [2.75, 3.05) is 7.05 Å². The first-order chi connectivity index (χ1) is 10.3. The van der Waals surface area contributed by atoms with Crippen LogP contribution in [0.5, 0.6) is 0 Å². The van der Waals surface area contributed by atoms with E-state index in [2.05, 4.69) is 12.2 Å². The minimum atomic E-state index is 0.418. The number of hydrogen-bond donors (Lipinski definition) is 1. The summed E-state index contributed by atoms with van der Waals surface area (Å²) in [4.78, 5) is 12.0. The molecule has 1 aliphatic carbocycles. The molecule has 0 spiro atoms. The summed E-state index contributed by atoms with van der Waals surface area (Å²) in [7, 11) is 1.95. The quantitative estimate of drug-likeness (QED) is 0.453. The molecule has 0 saturated heterocycles. The number of carbonyl (C=O) groups is 1. The Morgan fingerprint density at radius 3 is 2.00 bits per heavy atom. The highest BCUT2D eigenvalue weighted by Gasteiger charge is 2.15. The maximum atomic E-state index is 12.0. The molecule has 1 aliphatic rings. The molecular weight excluding hydrogens is 258 g/mol. The van der Waals surface area contributed by atoms with Gasteiger partial charge in [-0.05, 0) is 25.7 Å². The fourth-order valence-corrected chi connectivity index (χ4v) is 2.96. The summed E-state index contributed by atoms with van der Waals surface area (Å²) in [5.74, 6) is 0.418. The predicted molar refractivity (Wildman–Crippen MR) is 91.4 cm³/mol. The molecule has 0 aromatic carbocycles. The molecule has 0 amide bonds. The second-order valence-corrected chi connectivity index (χ2v) is 6.48. The average molecular weight is 293 g/mol. The van der Waals surface area contributed by atoms with E-state index in [-0.39, 0.29) is 0 Å². The summed E-state index contributed by atoms with van der Waals surface area (Å²) in [5.41, 5.74) is 2.69. The molecule has 0 aromatic rings. The van der Waals surface area contributed by atoms with Gasteiger partial charge in [0.15, 0.2) is 0 Å². The van der Waals surface area contributed by atoms with Crippen LogP contribution in [0.1, 0.15) is 96.8 Å². The number of unbranched alkanes of at least 4 members (excludes halogenated alkanes) is 8. The zero-order chi connectivity index (χ0) is 15.3. The summed E-state index contributed by atoms with van der Waals surface area (Å²) in [6.45, 7) is 2.26. The van der Waals surface area contributed by atoms with E-state index in [0.29, 0.717) is 12.2 Å². The lowest BCUT2D eigenvalue weighted by molar-refractivity contribution is -0.118. The highest BCUT2D eigenvalue weighted by Crippen LogP contribution is 2.29. The molecule has 1 fully saturated rings. The van der Waals surface area contributed by atoms with E-state index >= 15 is 0 Å². The smallest absolute Gasteiger partial charge is 0.138 e. The molecule has 0 unspecified atom stereocenters. The van der Waals surface area contributed by atoms with Gasteiger partial charge in [0.2, 0.25) is 0 Å². The first-order valence-electron chi connectivity index (χ1n) is 9.18. The Balaban J connectivity index is 1.96. The van der Waals surface area contributed by atoms with Gasteiger partial charge in [-0.15, -0.1) is 0 Å². The Kier molecular flexibility index (Phi) is 10.3. The minimum Gasteiger partial charge on any atom is -0.391 e. The number of hydrogen-bond acceptors (Lipinski definition) is 2. The molecule has 2 nitrogen and oxygen atoms in total. The van der Waals surface area contributed by atoms with Crippen LogP contribution in [-0.2, 0) is 4.79 Å². The molecular formula is C19H35NO. The molecule has 0 aliphatic heterocycles. The van der Waals surface area contributed by atoms with Crippen LogP contribution in [0.15, 0.2) is 11.3 Å². The van der Waals surface area contributed by atoms with E-state index in [1.807, 2.05) is 7.05 Å². The van der Waals surface area contributed by atoms with Gasteiger partial charge in [-0.25, -0.2) is 0 Å². The number of carbonyl (C=O) groups excluding carboxylic acids is 1. The van der Waals surface area contributed by atoms with Gasteiger partial charge >= 0.3 is 0 Å². The van der Waals surface area contributed by atoms with E-state index in [1.54, 1.807) is 0 Å². The summed E-state index contributed by atoms with van der Waals surface area (Å²) in [5, 5.41) is 3.23.